The Labute approximate surface area is 99.9 Å². The lowest BCUT2D eigenvalue weighted by molar-refractivity contribution is 0.266. The third-order valence-electron chi connectivity index (χ3n) is 2.05. The van der Waals surface area contributed by atoms with Crippen molar-refractivity contribution in [2.24, 2.45) is 11.7 Å². The molecule has 0 fully saturated rings. The van der Waals surface area contributed by atoms with Crippen LogP contribution in [0.2, 0.25) is 0 Å². The fourth-order valence-corrected chi connectivity index (χ4v) is 1.78. The van der Waals surface area contributed by atoms with E-state index < -0.39 is 0 Å². The van der Waals surface area contributed by atoms with E-state index in [9.17, 15) is 0 Å². The molecule has 0 spiro atoms. The van der Waals surface area contributed by atoms with Crippen LogP contribution in [0.5, 0.6) is 5.75 Å². The zero-order valence-electron chi connectivity index (χ0n) is 9.46. The first-order chi connectivity index (χ1) is 7.02. The first-order valence-electron chi connectivity index (χ1n) is 5.19. The van der Waals surface area contributed by atoms with Crippen LogP contribution in [0.25, 0.3) is 0 Å². The highest BCUT2D eigenvalue weighted by Crippen LogP contribution is 2.32. The lowest BCUT2D eigenvalue weighted by Crippen LogP contribution is -2.11. The number of para-hydroxylation sites is 1. The standard InChI is InChI=1S/C12H18BrNO/c1-8(2)7-15-12-10(9(3)14)5-4-6-11(12)13/h4-6,8-9H,7,14H2,1-3H3. The molecule has 0 aromatic heterocycles. The zero-order valence-corrected chi connectivity index (χ0v) is 11.0. The monoisotopic (exact) mass is 271 g/mol. The van der Waals surface area contributed by atoms with Crippen molar-refractivity contribution in [3.63, 3.8) is 0 Å². The van der Waals surface area contributed by atoms with Gasteiger partial charge in [0.15, 0.2) is 0 Å². The summed E-state index contributed by atoms with van der Waals surface area (Å²) in [6.07, 6.45) is 0. The highest BCUT2D eigenvalue weighted by molar-refractivity contribution is 9.10. The summed E-state index contributed by atoms with van der Waals surface area (Å²) in [5, 5.41) is 0. The highest BCUT2D eigenvalue weighted by atomic mass is 79.9. The largest absolute Gasteiger partial charge is 0.492 e. The maximum absolute atomic E-state index is 5.89. The molecular weight excluding hydrogens is 254 g/mol. The summed E-state index contributed by atoms with van der Waals surface area (Å²) in [5.74, 6) is 1.39. The van der Waals surface area contributed by atoms with E-state index >= 15 is 0 Å². The van der Waals surface area contributed by atoms with Gasteiger partial charge in [-0.3, -0.25) is 0 Å². The van der Waals surface area contributed by atoms with Crippen LogP contribution in [-0.4, -0.2) is 6.61 Å². The quantitative estimate of drug-likeness (QED) is 0.910. The highest BCUT2D eigenvalue weighted by Gasteiger charge is 2.11. The van der Waals surface area contributed by atoms with Crippen LogP contribution in [0, 0.1) is 5.92 Å². The van der Waals surface area contributed by atoms with Gasteiger partial charge in [-0.1, -0.05) is 26.0 Å². The molecule has 0 aliphatic rings. The molecule has 0 heterocycles. The van der Waals surface area contributed by atoms with E-state index in [-0.39, 0.29) is 6.04 Å². The Morgan fingerprint density at radius 2 is 2.00 bits per heavy atom. The molecule has 0 bridgehead atoms. The summed E-state index contributed by atoms with van der Waals surface area (Å²) in [5.41, 5.74) is 6.94. The number of nitrogens with two attached hydrogens (primary N) is 1. The molecule has 2 N–H and O–H groups in total. The average molecular weight is 272 g/mol. The Balaban J connectivity index is 2.92. The van der Waals surface area contributed by atoms with Crippen molar-refractivity contribution >= 4 is 15.9 Å². The predicted molar refractivity (Wildman–Crippen MR) is 67.1 cm³/mol. The van der Waals surface area contributed by atoms with Crippen molar-refractivity contribution in [2.75, 3.05) is 6.61 Å². The van der Waals surface area contributed by atoms with Gasteiger partial charge in [-0.15, -0.1) is 0 Å². The minimum Gasteiger partial charge on any atom is -0.492 e. The Kier molecular flexibility index (Phi) is 4.61. The molecule has 3 heteroatoms. The molecule has 1 aromatic carbocycles. The molecule has 1 atom stereocenters. The molecule has 1 rings (SSSR count). The van der Waals surface area contributed by atoms with Crippen LogP contribution in [-0.2, 0) is 0 Å². The van der Waals surface area contributed by atoms with Crippen LogP contribution >= 0.6 is 15.9 Å². The second kappa shape index (κ2) is 5.52. The molecule has 0 saturated heterocycles. The number of hydrogen-bond donors (Lipinski definition) is 1. The second-order valence-corrected chi connectivity index (χ2v) is 5.01. The first kappa shape index (κ1) is 12.5. The molecule has 0 saturated carbocycles. The summed E-state index contributed by atoms with van der Waals surface area (Å²) in [6, 6.07) is 5.95. The number of benzene rings is 1. The summed E-state index contributed by atoms with van der Waals surface area (Å²) >= 11 is 3.48. The lowest BCUT2D eigenvalue weighted by Gasteiger charge is -2.16. The normalized spacial score (nSPS) is 12.9. The molecule has 1 aromatic rings. The van der Waals surface area contributed by atoms with Gasteiger partial charge in [0, 0.05) is 11.6 Å². The van der Waals surface area contributed by atoms with Crippen molar-refractivity contribution in [2.45, 2.75) is 26.8 Å². The third-order valence-corrected chi connectivity index (χ3v) is 2.67. The summed E-state index contributed by atoms with van der Waals surface area (Å²) < 4.78 is 6.73. The molecule has 0 aliphatic carbocycles. The molecule has 0 radical (unpaired) electrons. The Hall–Kier alpha value is -0.540. The van der Waals surface area contributed by atoms with Gasteiger partial charge in [-0.2, -0.15) is 0 Å². The first-order valence-corrected chi connectivity index (χ1v) is 5.98. The van der Waals surface area contributed by atoms with Gasteiger partial charge in [-0.05, 0) is 34.8 Å². The minimum absolute atomic E-state index is 0.00957. The summed E-state index contributed by atoms with van der Waals surface area (Å²) in [7, 11) is 0. The summed E-state index contributed by atoms with van der Waals surface area (Å²) in [6.45, 7) is 6.93. The van der Waals surface area contributed by atoms with Crippen molar-refractivity contribution in [1.29, 1.82) is 0 Å². The van der Waals surface area contributed by atoms with Crippen molar-refractivity contribution in [3.05, 3.63) is 28.2 Å². The fraction of sp³-hybridized carbons (Fsp3) is 0.500. The molecule has 0 aliphatic heterocycles. The van der Waals surface area contributed by atoms with E-state index in [2.05, 4.69) is 29.8 Å². The van der Waals surface area contributed by atoms with Gasteiger partial charge in [0.2, 0.25) is 0 Å². The van der Waals surface area contributed by atoms with Crippen molar-refractivity contribution in [1.82, 2.24) is 0 Å². The third kappa shape index (κ3) is 3.50. The van der Waals surface area contributed by atoms with Gasteiger partial charge in [-0.25, -0.2) is 0 Å². The average Bonchev–Trinajstić information content (AvgIpc) is 2.15. The molecule has 84 valence electrons. The van der Waals surface area contributed by atoms with Crippen LogP contribution in [0.4, 0.5) is 0 Å². The van der Waals surface area contributed by atoms with Crippen LogP contribution in [0.3, 0.4) is 0 Å². The van der Waals surface area contributed by atoms with Crippen LogP contribution in [0.15, 0.2) is 22.7 Å². The minimum atomic E-state index is -0.00957. The smallest absolute Gasteiger partial charge is 0.138 e. The van der Waals surface area contributed by atoms with Crippen LogP contribution in [0.1, 0.15) is 32.4 Å². The van der Waals surface area contributed by atoms with Gasteiger partial charge >= 0.3 is 0 Å². The van der Waals surface area contributed by atoms with Gasteiger partial charge < -0.3 is 10.5 Å². The van der Waals surface area contributed by atoms with Gasteiger partial charge in [0.25, 0.3) is 0 Å². The lowest BCUT2D eigenvalue weighted by atomic mass is 10.1. The SMILES string of the molecule is CC(C)COc1c(Br)cccc1C(C)N. The molecule has 2 nitrogen and oxygen atoms in total. The van der Waals surface area contributed by atoms with E-state index in [0.717, 1.165) is 15.8 Å². The van der Waals surface area contributed by atoms with Crippen molar-refractivity contribution in [3.8, 4) is 5.75 Å². The topological polar surface area (TPSA) is 35.2 Å². The van der Waals surface area contributed by atoms with Crippen molar-refractivity contribution < 1.29 is 4.74 Å². The molecule has 0 amide bonds. The maximum atomic E-state index is 5.89. The number of hydrogen-bond acceptors (Lipinski definition) is 2. The van der Waals surface area contributed by atoms with Gasteiger partial charge in [0.1, 0.15) is 5.75 Å². The Morgan fingerprint density at radius 3 is 2.53 bits per heavy atom. The number of rotatable bonds is 4. The molecular formula is C12H18BrNO. The van der Waals surface area contributed by atoms with E-state index in [1.807, 2.05) is 25.1 Å². The molecule has 1 unspecified atom stereocenters. The zero-order chi connectivity index (χ0) is 11.4. The second-order valence-electron chi connectivity index (χ2n) is 4.15. The van der Waals surface area contributed by atoms with E-state index in [0.29, 0.717) is 12.5 Å². The number of ether oxygens (including phenoxy) is 1. The summed E-state index contributed by atoms with van der Waals surface area (Å²) in [4.78, 5) is 0. The Bertz CT molecular complexity index is 323. The van der Waals surface area contributed by atoms with E-state index in [4.69, 9.17) is 10.5 Å². The van der Waals surface area contributed by atoms with E-state index in [1.165, 1.54) is 0 Å². The Morgan fingerprint density at radius 1 is 1.33 bits per heavy atom. The number of halogens is 1. The van der Waals surface area contributed by atoms with Crippen LogP contribution < -0.4 is 10.5 Å². The predicted octanol–water partition coefficient (Wildman–Crippen LogP) is 3.50. The van der Waals surface area contributed by atoms with Gasteiger partial charge in [0.05, 0.1) is 11.1 Å². The fourth-order valence-electron chi connectivity index (χ4n) is 1.29. The van der Waals surface area contributed by atoms with E-state index in [1.54, 1.807) is 0 Å². The maximum Gasteiger partial charge on any atom is 0.138 e. The molecule has 15 heavy (non-hydrogen) atoms.